The summed E-state index contributed by atoms with van der Waals surface area (Å²) < 4.78 is 6.72. The van der Waals surface area contributed by atoms with Gasteiger partial charge in [0.05, 0.1) is 0 Å². The van der Waals surface area contributed by atoms with Gasteiger partial charge in [-0.05, 0) is 18.1 Å². The summed E-state index contributed by atoms with van der Waals surface area (Å²) in [5.41, 5.74) is 2.14. The van der Waals surface area contributed by atoms with Crippen molar-refractivity contribution in [2.45, 2.75) is 6.42 Å². The number of nitrogens with zero attached hydrogens (tertiary/aromatic N) is 3. The van der Waals surface area contributed by atoms with Crippen molar-refractivity contribution in [1.82, 2.24) is 9.38 Å². The molecular weight excluding hydrogens is 350 g/mol. The molecule has 0 aliphatic carbocycles. The lowest BCUT2D eigenvalue weighted by molar-refractivity contribution is -0.121. The van der Waals surface area contributed by atoms with Crippen molar-refractivity contribution in [3.63, 3.8) is 0 Å². The zero-order valence-electron chi connectivity index (χ0n) is 12.4. The van der Waals surface area contributed by atoms with E-state index in [9.17, 15) is 9.59 Å². The number of para-hydroxylation sites is 1. The quantitative estimate of drug-likeness (QED) is 0.673. The molecule has 0 saturated carbocycles. The molecule has 3 aromatic rings. The third-order valence-electron chi connectivity index (χ3n) is 3.93. The van der Waals surface area contributed by atoms with E-state index in [0.29, 0.717) is 11.5 Å². The van der Waals surface area contributed by atoms with Crippen molar-refractivity contribution < 1.29 is 14.3 Å². The second kappa shape index (κ2) is 5.92. The predicted molar refractivity (Wildman–Crippen MR) is 90.9 cm³/mol. The number of hydrogen-bond acceptors (Lipinski definition) is 5. The Morgan fingerprint density at radius 2 is 2.17 bits per heavy atom. The van der Waals surface area contributed by atoms with Gasteiger partial charge in [-0.3, -0.25) is 9.20 Å². The van der Waals surface area contributed by atoms with Gasteiger partial charge < -0.3 is 9.64 Å². The molecule has 122 valence electrons. The van der Waals surface area contributed by atoms with Crippen LogP contribution in [0.1, 0.15) is 16.1 Å². The van der Waals surface area contributed by atoms with E-state index in [1.165, 1.54) is 11.3 Å². The first-order valence-corrected chi connectivity index (χ1v) is 8.57. The molecule has 3 heterocycles. The smallest absolute Gasteiger partial charge is 0.359 e. The Morgan fingerprint density at radius 3 is 3.04 bits per heavy atom. The Bertz CT molecular complexity index is 949. The summed E-state index contributed by atoms with van der Waals surface area (Å²) in [6, 6.07) is 7.72. The van der Waals surface area contributed by atoms with E-state index in [1.807, 2.05) is 24.3 Å². The largest absolute Gasteiger partial charge is 0.451 e. The minimum absolute atomic E-state index is 0.0748. The molecule has 0 fully saturated rings. The third-order valence-corrected chi connectivity index (χ3v) is 4.95. The number of amides is 1. The molecule has 1 aliphatic heterocycles. The van der Waals surface area contributed by atoms with Gasteiger partial charge >= 0.3 is 5.97 Å². The average molecular weight is 362 g/mol. The van der Waals surface area contributed by atoms with Crippen LogP contribution in [0.3, 0.4) is 0 Å². The number of hydrogen-bond donors (Lipinski definition) is 0. The van der Waals surface area contributed by atoms with Crippen molar-refractivity contribution in [2.24, 2.45) is 0 Å². The number of rotatable bonds is 3. The first-order valence-electron chi connectivity index (χ1n) is 7.31. The van der Waals surface area contributed by atoms with Crippen molar-refractivity contribution in [2.75, 3.05) is 18.1 Å². The van der Waals surface area contributed by atoms with Gasteiger partial charge in [-0.25, -0.2) is 9.78 Å². The van der Waals surface area contributed by atoms with Gasteiger partial charge in [0.15, 0.2) is 22.4 Å². The van der Waals surface area contributed by atoms with Gasteiger partial charge in [0.2, 0.25) is 0 Å². The van der Waals surface area contributed by atoms with Gasteiger partial charge in [-0.1, -0.05) is 29.8 Å². The van der Waals surface area contributed by atoms with Gasteiger partial charge in [0.1, 0.15) is 0 Å². The van der Waals surface area contributed by atoms with Gasteiger partial charge in [0, 0.05) is 23.8 Å². The molecule has 0 N–H and O–H groups in total. The number of carbonyl (C=O) groups excluding carboxylic acids is 2. The number of esters is 1. The molecule has 8 heteroatoms. The van der Waals surface area contributed by atoms with E-state index < -0.39 is 5.97 Å². The van der Waals surface area contributed by atoms with Gasteiger partial charge in [0.25, 0.3) is 5.91 Å². The van der Waals surface area contributed by atoms with Crippen LogP contribution in [0, 0.1) is 0 Å². The fraction of sp³-hybridized carbons (Fsp3) is 0.188. The number of imidazole rings is 1. The van der Waals surface area contributed by atoms with Gasteiger partial charge in [-0.2, -0.15) is 0 Å². The van der Waals surface area contributed by atoms with Crippen molar-refractivity contribution in [3.05, 3.63) is 52.3 Å². The SMILES string of the molecule is O=C(OCC(=O)N1CCc2ccccc21)c1c(Cl)nc2sccn12. The number of fused-ring (bicyclic) bond motifs is 2. The van der Waals surface area contributed by atoms with E-state index in [1.54, 1.807) is 20.9 Å². The van der Waals surface area contributed by atoms with E-state index in [4.69, 9.17) is 16.3 Å². The Balaban J connectivity index is 1.47. The summed E-state index contributed by atoms with van der Waals surface area (Å²) in [5.74, 6) is -0.915. The topological polar surface area (TPSA) is 63.9 Å². The molecule has 6 nitrogen and oxygen atoms in total. The van der Waals surface area contributed by atoms with Crippen LogP contribution in [0.2, 0.25) is 5.15 Å². The van der Waals surface area contributed by atoms with Crippen LogP contribution in [0.25, 0.3) is 4.96 Å². The highest BCUT2D eigenvalue weighted by Gasteiger charge is 2.26. The fourth-order valence-corrected chi connectivity index (χ4v) is 3.83. The molecule has 1 aromatic carbocycles. The summed E-state index contributed by atoms with van der Waals surface area (Å²) in [6.45, 7) is 0.263. The van der Waals surface area contributed by atoms with E-state index in [-0.39, 0.29) is 23.4 Å². The molecule has 0 radical (unpaired) electrons. The van der Waals surface area contributed by atoms with Crippen LogP contribution in [-0.4, -0.2) is 34.4 Å². The maximum absolute atomic E-state index is 12.4. The third kappa shape index (κ3) is 2.46. The number of ether oxygens (including phenoxy) is 1. The molecule has 2 aromatic heterocycles. The Hall–Kier alpha value is -2.38. The van der Waals surface area contributed by atoms with Crippen LogP contribution in [-0.2, 0) is 16.0 Å². The normalized spacial score (nSPS) is 13.3. The lowest BCUT2D eigenvalue weighted by Crippen LogP contribution is -2.33. The summed E-state index contributed by atoms with van der Waals surface area (Å²) in [4.78, 5) is 31.0. The first kappa shape index (κ1) is 15.2. The summed E-state index contributed by atoms with van der Waals surface area (Å²) in [7, 11) is 0. The van der Waals surface area contributed by atoms with Crippen molar-refractivity contribution in [1.29, 1.82) is 0 Å². The average Bonchev–Trinajstić information content (AvgIpc) is 3.25. The number of benzene rings is 1. The minimum Gasteiger partial charge on any atom is -0.451 e. The Kier molecular flexibility index (Phi) is 3.74. The lowest BCUT2D eigenvalue weighted by Gasteiger charge is -2.17. The lowest BCUT2D eigenvalue weighted by atomic mass is 10.2. The molecule has 0 saturated heterocycles. The maximum Gasteiger partial charge on any atom is 0.359 e. The fourth-order valence-electron chi connectivity index (χ4n) is 2.81. The maximum atomic E-state index is 12.4. The Labute approximate surface area is 146 Å². The van der Waals surface area contributed by atoms with Crippen LogP contribution in [0.4, 0.5) is 5.69 Å². The van der Waals surface area contributed by atoms with E-state index in [2.05, 4.69) is 4.98 Å². The van der Waals surface area contributed by atoms with Crippen molar-refractivity contribution >= 4 is 45.5 Å². The first-order chi connectivity index (χ1) is 11.6. The van der Waals surface area contributed by atoms with Crippen molar-refractivity contribution in [3.8, 4) is 0 Å². The molecule has 1 aliphatic rings. The number of aromatic nitrogens is 2. The zero-order chi connectivity index (χ0) is 16.7. The molecule has 0 spiro atoms. The monoisotopic (exact) mass is 361 g/mol. The van der Waals surface area contributed by atoms with Crippen LogP contribution >= 0.6 is 22.9 Å². The zero-order valence-corrected chi connectivity index (χ0v) is 14.0. The molecule has 0 unspecified atom stereocenters. The molecule has 4 rings (SSSR count). The highest BCUT2D eigenvalue weighted by molar-refractivity contribution is 7.15. The predicted octanol–water partition coefficient (Wildman–Crippen LogP) is 2.80. The Morgan fingerprint density at radius 1 is 1.33 bits per heavy atom. The molecule has 24 heavy (non-hydrogen) atoms. The second-order valence-corrected chi connectivity index (χ2v) is 6.54. The number of carbonyl (C=O) groups is 2. The van der Waals surface area contributed by atoms with E-state index in [0.717, 1.165) is 17.7 Å². The number of halogens is 1. The summed E-state index contributed by atoms with van der Waals surface area (Å²) in [6.07, 6.45) is 2.49. The van der Waals surface area contributed by atoms with E-state index >= 15 is 0 Å². The molecule has 0 atom stereocenters. The van der Waals surface area contributed by atoms with Crippen LogP contribution < -0.4 is 4.90 Å². The highest BCUT2D eigenvalue weighted by atomic mass is 35.5. The minimum atomic E-state index is -0.660. The number of thiazole rings is 1. The standard InChI is InChI=1S/C16H12ClN3O3S/c17-14-13(20-7-8-24-16(20)18-14)15(22)23-9-12(21)19-6-5-10-3-1-2-4-11(10)19/h1-4,7-8H,5-6,9H2. The van der Waals surface area contributed by atoms with Crippen LogP contribution in [0.5, 0.6) is 0 Å². The molecule has 0 bridgehead atoms. The number of anilines is 1. The summed E-state index contributed by atoms with van der Waals surface area (Å²) in [5, 5.41) is 1.87. The second-order valence-electron chi connectivity index (χ2n) is 5.31. The molecule has 1 amide bonds. The highest BCUT2D eigenvalue weighted by Crippen LogP contribution is 2.27. The summed E-state index contributed by atoms with van der Waals surface area (Å²) >= 11 is 7.35. The molecular formula is C16H12ClN3O3S. The van der Waals surface area contributed by atoms with Crippen LogP contribution in [0.15, 0.2) is 35.8 Å². The van der Waals surface area contributed by atoms with Gasteiger partial charge in [-0.15, -0.1) is 11.3 Å².